The maximum Gasteiger partial charge on any atom is 0.161 e. The first-order chi connectivity index (χ1) is 29.2. The van der Waals surface area contributed by atoms with Gasteiger partial charge in [-0.05, 0) is 42.5 Å². The number of aromatic nitrogens is 4. The maximum absolute atomic E-state index is 10.6. The van der Waals surface area contributed by atoms with Gasteiger partial charge in [0, 0.05) is 59.8 Å². The van der Waals surface area contributed by atoms with E-state index >= 15 is 0 Å². The number of nitrogens with zero attached hydrogens (tertiary/aromatic N) is 5. The standard InChI is InChI=1S/C53H29N5O/c54-30-41-49(31-14-3-1-4-15-31)55-53(56-50(41)32-16-5-2-6-17-32)38-26-27-44(52-48(38)37-20-9-12-25-47(37)59-52)57-42-23-10-8-19-34(42)39-28-40-36-22-13-21-35-33-18-7-11-24-43(33)58(51(35)36)46(40)29-45(39)57/h1-29H. The van der Waals surface area contributed by atoms with Crippen molar-refractivity contribution >= 4 is 81.8 Å². The van der Waals surface area contributed by atoms with Crippen LogP contribution in [0.2, 0.25) is 0 Å². The van der Waals surface area contributed by atoms with E-state index in [1.807, 2.05) is 78.9 Å². The Labute approximate surface area is 336 Å². The van der Waals surface area contributed by atoms with Crippen molar-refractivity contribution in [3.05, 3.63) is 181 Å². The molecule has 0 saturated carbocycles. The third kappa shape index (κ3) is 4.33. The molecular weight excluding hydrogens is 723 g/mol. The lowest BCUT2D eigenvalue weighted by Crippen LogP contribution is -2.02. The first-order valence-corrected chi connectivity index (χ1v) is 19.7. The largest absolute Gasteiger partial charge is 0.454 e. The average molecular weight is 752 g/mol. The van der Waals surface area contributed by atoms with Crippen molar-refractivity contribution in [2.75, 3.05) is 0 Å². The van der Waals surface area contributed by atoms with Gasteiger partial charge in [0.15, 0.2) is 11.4 Å². The lowest BCUT2D eigenvalue weighted by atomic mass is 9.99. The summed E-state index contributed by atoms with van der Waals surface area (Å²) in [4.78, 5) is 10.4. The summed E-state index contributed by atoms with van der Waals surface area (Å²) in [5.74, 6) is 0.520. The van der Waals surface area contributed by atoms with Crippen LogP contribution in [0.4, 0.5) is 0 Å². The molecule has 0 saturated heterocycles. The Bertz CT molecular complexity index is 3840. The summed E-state index contributed by atoms with van der Waals surface area (Å²) >= 11 is 0. The second kappa shape index (κ2) is 11.9. The van der Waals surface area contributed by atoms with E-state index in [1.165, 1.54) is 48.9 Å². The van der Waals surface area contributed by atoms with Crippen LogP contribution in [0.15, 0.2) is 180 Å². The predicted molar refractivity (Wildman–Crippen MR) is 239 cm³/mol. The minimum absolute atomic E-state index is 0.434. The van der Waals surface area contributed by atoms with Gasteiger partial charge in [-0.3, -0.25) is 0 Å². The van der Waals surface area contributed by atoms with Gasteiger partial charge in [-0.15, -0.1) is 0 Å². The van der Waals surface area contributed by atoms with Crippen molar-refractivity contribution in [3.8, 4) is 45.7 Å². The van der Waals surface area contributed by atoms with Crippen LogP contribution >= 0.6 is 0 Å². The molecule has 5 aromatic heterocycles. The van der Waals surface area contributed by atoms with Gasteiger partial charge in [-0.25, -0.2) is 9.97 Å². The first-order valence-electron chi connectivity index (χ1n) is 19.7. The van der Waals surface area contributed by atoms with Crippen LogP contribution in [0.3, 0.4) is 0 Å². The highest BCUT2D eigenvalue weighted by atomic mass is 16.3. The Balaban J connectivity index is 1.14. The van der Waals surface area contributed by atoms with E-state index in [0.717, 1.165) is 55.3 Å². The summed E-state index contributed by atoms with van der Waals surface area (Å²) in [5, 5.41) is 19.9. The van der Waals surface area contributed by atoms with Crippen LogP contribution in [-0.4, -0.2) is 18.9 Å². The Hall–Kier alpha value is -8.27. The van der Waals surface area contributed by atoms with E-state index in [1.54, 1.807) is 0 Å². The summed E-state index contributed by atoms with van der Waals surface area (Å²) in [6.07, 6.45) is 0. The van der Waals surface area contributed by atoms with Crippen LogP contribution in [0, 0.1) is 11.3 Å². The number of furan rings is 1. The van der Waals surface area contributed by atoms with Crippen molar-refractivity contribution in [1.82, 2.24) is 18.9 Å². The lowest BCUT2D eigenvalue weighted by Gasteiger charge is -2.14. The summed E-state index contributed by atoms with van der Waals surface area (Å²) in [7, 11) is 0. The molecule has 0 aliphatic rings. The lowest BCUT2D eigenvalue weighted by molar-refractivity contribution is 0.666. The van der Waals surface area contributed by atoms with Crippen LogP contribution < -0.4 is 0 Å². The van der Waals surface area contributed by atoms with Gasteiger partial charge in [-0.2, -0.15) is 5.26 Å². The Morgan fingerprint density at radius 3 is 1.76 bits per heavy atom. The third-order valence-electron chi connectivity index (χ3n) is 12.1. The predicted octanol–water partition coefficient (Wildman–Crippen LogP) is 13.5. The molecule has 0 amide bonds. The second-order valence-electron chi connectivity index (χ2n) is 15.2. The van der Waals surface area contributed by atoms with Crippen LogP contribution in [0.25, 0.3) is 121 Å². The number of benzene rings is 8. The van der Waals surface area contributed by atoms with Crippen molar-refractivity contribution in [1.29, 1.82) is 5.26 Å². The molecule has 5 heterocycles. The normalized spacial score (nSPS) is 12.1. The fourth-order valence-corrected chi connectivity index (χ4v) is 9.62. The second-order valence-corrected chi connectivity index (χ2v) is 15.2. The molecule has 272 valence electrons. The molecule has 6 heteroatoms. The zero-order chi connectivity index (χ0) is 38.8. The Kier molecular flexibility index (Phi) is 6.42. The molecule has 8 aromatic carbocycles. The van der Waals surface area contributed by atoms with E-state index in [2.05, 4.69) is 112 Å². The van der Waals surface area contributed by atoms with Gasteiger partial charge in [0.05, 0.1) is 44.7 Å². The van der Waals surface area contributed by atoms with Crippen LogP contribution in [0.5, 0.6) is 0 Å². The molecule has 0 spiro atoms. The molecule has 0 aliphatic heterocycles. The van der Waals surface area contributed by atoms with Gasteiger partial charge in [0.25, 0.3) is 0 Å². The van der Waals surface area contributed by atoms with Crippen LogP contribution in [0.1, 0.15) is 5.56 Å². The Morgan fingerprint density at radius 2 is 1.05 bits per heavy atom. The minimum Gasteiger partial charge on any atom is -0.454 e. The molecule has 0 bridgehead atoms. The van der Waals surface area contributed by atoms with Crippen molar-refractivity contribution in [2.45, 2.75) is 0 Å². The summed E-state index contributed by atoms with van der Waals surface area (Å²) in [6.45, 7) is 0. The van der Waals surface area contributed by atoms with Gasteiger partial charge in [0.2, 0.25) is 0 Å². The number of fused-ring (bicyclic) bond motifs is 12. The van der Waals surface area contributed by atoms with E-state index in [9.17, 15) is 5.26 Å². The number of nitriles is 1. The van der Waals surface area contributed by atoms with E-state index in [-0.39, 0.29) is 0 Å². The van der Waals surface area contributed by atoms with Gasteiger partial charge in [-0.1, -0.05) is 133 Å². The zero-order valence-corrected chi connectivity index (χ0v) is 31.4. The maximum atomic E-state index is 10.6. The summed E-state index contributed by atoms with van der Waals surface area (Å²) in [5.41, 5.74) is 12.4. The van der Waals surface area contributed by atoms with E-state index in [4.69, 9.17) is 14.4 Å². The van der Waals surface area contributed by atoms with Crippen LogP contribution in [-0.2, 0) is 0 Å². The molecule has 59 heavy (non-hydrogen) atoms. The molecule has 0 atom stereocenters. The van der Waals surface area contributed by atoms with Gasteiger partial charge in [0.1, 0.15) is 17.2 Å². The smallest absolute Gasteiger partial charge is 0.161 e. The summed E-state index contributed by atoms with van der Waals surface area (Å²) < 4.78 is 11.7. The fraction of sp³-hybridized carbons (Fsp3) is 0. The number of hydrogen-bond donors (Lipinski definition) is 0. The third-order valence-corrected chi connectivity index (χ3v) is 12.1. The molecule has 6 nitrogen and oxygen atoms in total. The fourth-order valence-electron chi connectivity index (χ4n) is 9.62. The molecule has 0 unspecified atom stereocenters. The highest BCUT2D eigenvalue weighted by Crippen LogP contribution is 2.46. The Morgan fingerprint density at radius 1 is 0.475 bits per heavy atom. The number of para-hydroxylation sites is 4. The molecule has 0 radical (unpaired) electrons. The summed E-state index contributed by atoms with van der Waals surface area (Å²) in [6, 6.07) is 63.4. The highest BCUT2D eigenvalue weighted by molar-refractivity contribution is 6.26. The molecular formula is C53H29N5O. The van der Waals surface area contributed by atoms with E-state index in [0.29, 0.717) is 22.8 Å². The number of hydrogen-bond acceptors (Lipinski definition) is 4. The number of rotatable bonds is 4. The topological polar surface area (TPSA) is 72.0 Å². The van der Waals surface area contributed by atoms with Crippen molar-refractivity contribution in [2.24, 2.45) is 0 Å². The molecule has 0 aliphatic carbocycles. The molecule has 13 aromatic rings. The van der Waals surface area contributed by atoms with E-state index < -0.39 is 0 Å². The quantitative estimate of drug-likeness (QED) is 0.179. The van der Waals surface area contributed by atoms with Crippen molar-refractivity contribution < 1.29 is 4.42 Å². The molecule has 13 rings (SSSR count). The monoisotopic (exact) mass is 751 g/mol. The average Bonchev–Trinajstić information content (AvgIpc) is 4.04. The zero-order valence-electron chi connectivity index (χ0n) is 31.4. The molecule has 0 N–H and O–H groups in total. The van der Waals surface area contributed by atoms with Gasteiger partial charge >= 0.3 is 0 Å². The SMILES string of the molecule is N#Cc1c(-c2ccccc2)nc(-c2ccc(-n3c4ccccc4c4cc5c6cccc7c8ccccc8n(c5cc43)c76)c3oc4ccccc4c23)nc1-c1ccccc1. The minimum atomic E-state index is 0.434. The van der Waals surface area contributed by atoms with Crippen molar-refractivity contribution in [3.63, 3.8) is 0 Å². The molecule has 0 fully saturated rings. The first kappa shape index (κ1) is 31.9. The van der Waals surface area contributed by atoms with Gasteiger partial charge < -0.3 is 13.4 Å². The highest BCUT2D eigenvalue weighted by Gasteiger charge is 2.26.